The van der Waals surface area contributed by atoms with Crippen molar-refractivity contribution in [3.63, 3.8) is 0 Å². The Hall–Kier alpha value is -1.56. The third-order valence-electron chi connectivity index (χ3n) is 3.57. The summed E-state index contributed by atoms with van der Waals surface area (Å²) in [6.07, 6.45) is 1.26. The van der Waals surface area contributed by atoms with Gasteiger partial charge in [0.05, 0.1) is 17.2 Å². The van der Waals surface area contributed by atoms with Gasteiger partial charge in [0.15, 0.2) is 11.6 Å². The second-order valence-electron chi connectivity index (χ2n) is 5.56. The minimum absolute atomic E-state index is 0.353. The Balaban J connectivity index is 2.34. The van der Waals surface area contributed by atoms with Gasteiger partial charge < -0.3 is 10.0 Å². The van der Waals surface area contributed by atoms with E-state index in [4.69, 9.17) is 0 Å². The number of benzene rings is 1. The molecule has 1 fully saturated rings. The Labute approximate surface area is 115 Å². The molecular formula is C14H16F3NO2. The largest absolute Gasteiger partial charge is 0.388 e. The number of carbonyl (C=O) groups excluding carboxylic acids is 1. The molecule has 1 aliphatic heterocycles. The molecule has 0 saturated carbocycles. The van der Waals surface area contributed by atoms with E-state index in [0.29, 0.717) is 31.5 Å². The van der Waals surface area contributed by atoms with Crippen molar-refractivity contribution in [2.45, 2.75) is 38.3 Å². The van der Waals surface area contributed by atoms with Crippen LogP contribution in [0.5, 0.6) is 0 Å². The number of rotatable bonds is 2. The van der Waals surface area contributed by atoms with Gasteiger partial charge >= 0.3 is 0 Å². The van der Waals surface area contributed by atoms with Crippen molar-refractivity contribution < 1.29 is 23.1 Å². The number of halogens is 3. The van der Waals surface area contributed by atoms with E-state index in [-0.39, 0.29) is 0 Å². The third-order valence-corrected chi connectivity index (χ3v) is 3.57. The first-order chi connectivity index (χ1) is 9.21. The van der Waals surface area contributed by atoms with Gasteiger partial charge in [0.2, 0.25) is 0 Å². The molecule has 3 nitrogen and oxygen atoms in total. The summed E-state index contributed by atoms with van der Waals surface area (Å²) in [6, 6.07) is 0.451. The second kappa shape index (κ2) is 5.09. The number of amides is 1. The second-order valence-corrected chi connectivity index (χ2v) is 5.56. The molecule has 20 heavy (non-hydrogen) atoms. The molecule has 1 aromatic rings. The summed E-state index contributed by atoms with van der Waals surface area (Å²) in [5.74, 6) is -4.44. The lowest BCUT2D eigenvalue weighted by molar-refractivity contribution is 0.000137. The molecule has 110 valence electrons. The maximum absolute atomic E-state index is 13.6. The van der Waals surface area contributed by atoms with Crippen LogP contribution in [0.4, 0.5) is 13.2 Å². The van der Waals surface area contributed by atoms with Crippen LogP contribution in [-0.2, 0) is 0 Å². The minimum Gasteiger partial charge on any atom is -0.388 e. The molecule has 1 N–H and O–H groups in total. The highest BCUT2D eigenvalue weighted by molar-refractivity contribution is 5.95. The molecule has 1 unspecified atom stereocenters. The molecule has 6 heteroatoms. The smallest absolute Gasteiger partial charge is 0.257 e. The van der Waals surface area contributed by atoms with E-state index in [1.807, 2.05) is 0 Å². The van der Waals surface area contributed by atoms with Gasteiger partial charge in [-0.2, -0.15) is 0 Å². The van der Waals surface area contributed by atoms with Crippen molar-refractivity contribution in [3.8, 4) is 0 Å². The van der Waals surface area contributed by atoms with Gasteiger partial charge in [-0.15, -0.1) is 0 Å². The fraction of sp³-hybridized carbons (Fsp3) is 0.500. The summed E-state index contributed by atoms with van der Waals surface area (Å²) in [7, 11) is 0. The first kappa shape index (κ1) is 14.8. The number of nitrogens with zero attached hydrogens (tertiary/aromatic N) is 1. The van der Waals surface area contributed by atoms with Gasteiger partial charge in [0.25, 0.3) is 5.91 Å². The molecule has 0 aliphatic carbocycles. The molecule has 1 amide bonds. The van der Waals surface area contributed by atoms with Crippen molar-refractivity contribution in [2.24, 2.45) is 0 Å². The first-order valence-electron chi connectivity index (χ1n) is 6.39. The van der Waals surface area contributed by atoms with E-state index in [1.54, 1.807) is 13.8 Å². The SMILES string of the molecule is CC(C)(O)C1CCCN1C(=O)c1cc(F)c(F)cc1F. The van der Waals surface area contributed by atoms with E-state index in [2.05, 4.69) is 0 Å². The highest BCUT2D eigenvalue weighted by Crippen LogP contribution is 2.29. The van der Waals surface area contributed by atoms with E-state index >= 15 is 0 Å². The Morgan fingerprint density at radius 1 is 1.25 bits per heavy atom. The lowest BCUT2D eigenvalue weighted by Crippen LogP contribution is -2.48. The Bertz CT molecular complexity index is 540. The molecule has 2 rings (SSSR count). The predicted molar refractivity (Wildman–Crippen MR) is 66.7 cm³/mol. The molecule has 1 atom stereocenters. The number of hydrogen-bond donors (Lipinski definition) is 1. The molecule has 1 aliphatic rings. The molecule has 0 spiro atoms. The van der Waals surface area contributed by atoms with Gasteiger partial charge in [-0.05, 0) is 32.8 Å². The Morgan fingerprint density at radius 3 is 2.45 bits per heavy atom. The predicted octanol–water partition coefficient (Wildman–Crippen LogP) is 2.48. The van der Waals surface area contributed by atoms with Crippen molar-refractivity contribution in [2.75, 3.05) is 6.54 Å². The maximum atomic E-state index is 13.6. The highest BCUT2D eigenvalue weighted by Gasteiger charge is 2.39. The van der Waals surface area contributed by atoms with Crippen molar-refractivity contribution in [1.82, 2.24) is 4.90 Å². The van der Waals surface area contributed by atoms with E-state index in [9.17, 15) is 23.1 Å². The van der Waals surface area contributed by atoms with Gasteiger partial charge in [-0.25, -0.2) is 13.2 Å². The normalized spacial score (nSPS) is 19.5. The lowest BCUT2D eigenvalue weighted by atomic mass is 9.96. The summed E-state index contributed by atoms with van der Waals surface area (Å²) in [5.41, 5.74) is -1.65. The van der Waals surface area contributed by atoms with Crippen LogP contribution in [0, 0.1) is 17.5 Å². The van der Waals surface area contributed by atoms with Crippen molar-refractivity contribution >= 4 is 5.91 Å². The zero-order chi connectivity index (χ0) is 15.1. The van der Waals surface area contributed by atoms with E-state index < -0.39 is 40.6 Å². The van der Waals surface area contributed by atoms with Gasteiger partial charge in [0.1, 0.15) is 5.82 Å². The average Bonchev–Trinajstić information content (AvgIpc) is 2.81. The Morgan fingerprint density at radius 2 is 1.85 bits per heavy atom. The van der Waals surface area contributed by atoms with Crippen LogP contribution in [0.2, 0.25) is 0 Å². The molecule has 0 radical (unpaired) electrons. The number of carbonyl (C=O) groups is 1. The monoisotopic (exact) mass is 287 g/mol. The van der Waals surface area contributed by atoms with Gasteiger partial charge in [0, 0.05) is 12.6 Å². The van der Waals surface area contributed by atoms with Crippen molar-refractivity contribution in [1.29, 1.82) is 0 Å². The summed E-state index contributed by atoms with van der Waals surface area (Å²) in [4.78, 5) is 13.6. The molecule has 1 saturated heterocycles. The standard InChI is InChI=1S/C14H16F3NO2/c1-14(2,20)12-4-3-5-18(12)13(19)8-6-10(16)11(17)7-9(8)15/h6-7,12,20H,3-5H2,1-2H3. The number of hydrogen-bond acceptors (Lipinski definition) is 2. The van der Waals surface area contributed by atoms with Gasteiger partial charge in [-0.3, -0.25) is 4.79 Å². The van der Waals surface area contributed by atoms with Crippen molar-refractivity contribution in [3.05, 3.63) is 35.1 Å². The van der Waals surface area contributed by atoms with E-state index in [1.165, 1.54) is 4.90 Å². The fourth-order valence-electron chi connectivity index (χ4n) is 2.59. The van der Waals surface area contributed by atoms with E-state index in [0.717, 1.165) is 0 Å². The number of likely N-dealkylation sites (tertiary alicyclic amines) is 1. The van der Waals surface area contributed by atoms with Crippen LogP contribution in [0.3, 0.4) is 0 Å². The zero-order valence-corrected chi connectivity index (χ0v) is 11.3. The van der Waals surface area contributed by atoms with Crippen LogP contribution in [0.15, 0.2) is 12.1 Å². The lowest BCUT2D eigenvalue weighted by Gasteiger charge is -2.33. The highest BCUT2D eigenvalue weighted by atomic mass is 19.2. The zero-order valence-electron chi connectivity index (χ0n) is 11.3. The molecule has 1 heterocycles. The third kappa shape index (κ3) is 2.65. The van der Waals surface area contributed by atoms with Gasteiger partial charge in [-0.1, -0.05) is 0 Å². The molecule has 1 aromatic carbocycles. The summed E-state index contributed by atoms with van der Waals surface area (Å²) < 4.78 is 39.7. The quantitative estimate of drug-likeness (QED) is 0.849. The van der Waals surface area contributed by atoms with Crippen LogP contribution in [0.25, 0.3) is 0 Å². The molecule has 0 aromatic heterocycles. The first-order valence-corrected chi connectivity index (χ1v) is 6.39. The Kier molecular flexibility index (Phi) is 3.77. The van der Waals surface area contributed by atoms with Crippen LogP contribution >= 0.6 is 0 Å². The van der Waals surface area contributed by atoms with Crippen LogP contribution in [0.1, 0.15) is 37.0 Å². The molecular weight excluding hydrogens is 271 g/mol. The summed E-state index contributed by atoms with van der Waals surface area (Å²) >= 11 is 0. The topological polar surface area (TPSA) is 40.5 Å². The van der Waals surface area contributed by atoms with Crippen LogP contribution in [-0.4, -0.2) is 34.1 Å². The summed E-state index contributed by atoms with van der Waals surface area (Å²) in [6.45, 7) is 3.47. The van der Waals surface area contributed by atoms with Crippen LogP contribution < -0.4 is 0 Å². The summed E-state index contributed by atoms with van der Waals surface area (Å²) in [5, 5.41) is 10.0. The number of aliphatic hydroxyl groups is 1. The average molecular weight is 287 g/mol. The maximum Gasteiger partial charge on any atom is 0.257 e. The molecule has 0 bridgehead atoms. The fourth-order valence-corrected chi connectivity index (χ4v) is 2.59. The minimum atomic E-state index is -1.33.